The summed E-state index contributed by atoms with van der Waals surface area (Å²) in [5.41, 5.74) is 3.78. The highest BCUT2D eigenvalue weighted by Crippen LogP contribution is 1.99. The van der Waals surface area contributed by atoms with Crippen LogP contribution in [-0.4, -0.2) is 13.1 Å². The molecule has 0 amide bonds. The van der Waals surface area contributed by atoms with Crippen molar-refractivity contribution in [1.82, 2.24) is 10.6 Å². The second-order valence-electron chi connectivity index (χ2n) is 4.93. The summed E-state index contributed by atoms with van der Waals surface area (Å²) >= 11 is 0. The molecule has 20 heavy (non-hydrogen) atoms. The van der Waals surface area contributed by atoms with Gasteiger partial charge in [-0.25, -0.2) is 0 Å². The van der Waals surface area contributed by atoms with Crippen molar-refractivity contribution >= 4 is 0 Å². The van der Waals surface area contributed by atoms with E-state index in [-0.39, 0.29) is 0 Å². The van der Waals surface area contributed by atoms with Gasteiger partial charge in [0.1, 0.15) is 0 Å². The van der Waals surface area contributed by atoms with Gasteiger partial charge in [-0.05, 0) is 16.7 Å². The summed E-state index contributed by atoms with van der Waals surface area (Å²) < 4.78 is 0. The first-order valence-electron chi connectivity index (χ1n) is 7.00. The van der Waals surface area contributed by atoms with Gasteiger partial charge in [0.15, 0.2) is 0 Å². The van der Waals surface area contributed by atoms with Crippen molar-refractivity contribution < 1.29 is 0 Å². The third kappa shape index (κ3) is 5.39. The van der Waals surface area contributed by atoms with E-state index in [1.54, 1.807) is 0 Å². The van der Waals surface area contributed by atoms with Gasteiger partial charge >= 0.3 is 0 Å². The van der Waals surface area contributed by atoms with Gasteiger partial charge in [-0.3, -0.25) is 0 Å². The molecule has 0 aliphatic rings. The molecule has 0 unspecified atom stereocenters. The fraction of sp³-hybridized carbons (Fsp3) is 0.222. The fourth-order valence-corrected chi connectivity index (χ4v) is 2.02. The topological polar surface area (TPSA) is 24.1 Å². The molecule has 0 aliphatic heterocycles. The Morgan fingerprint density at radius 1 is 0.700 bits per heavy atom. The van der Waals surface area contributed by atoms with Crippen LogP contribution in [0, 0.1) is 0 Å². The largest absolute Gasteiger partial charge is 0.309 e. The second kappa shape index (κ2) is 8.31. The molecular formula is C18H22N2. The summed E-state index contributed by atoms with van der Waals surface area (Å²) in [5.74, 6) is 0. The normalized spacial score (nSPS) is 10.4. The first kappa shape index (κ1) is 14.5. The molecule has 0 heterocycles. The van der Waals surface area contributed by atoms with Crippen molar-refractivity contribution in [2.75, 3.05) is 13.1 Å². The van der Waals surface area contributed by atoms with Crippen molar-refractivity contribution in [3.8, 4) is 0 Å². The zero-order valence-electron chi connectivity index (χ0n) is 11.8. The fourth-order valence-electron chi connectivity index (χ4n) is 2.02. The standard InChI is InChI=1S/C18H22N2/c1-16(12-19-14-17-8-4-2-5-9-17)13-20-15-18-10-6-3-7-11-18/h2-11,19-20H,1,12-15H2. The maximum atomic E-state index is 4.09. The lowest BCUT2D eigenvalue weighted by molar-refractivity contribution is 0.682. The van der Waals surface area contributed by atoms with Crippen molar-refractivity contribution in [2.45, 2.75) is 13.1 Å². The van der Waals surface area contributed by atoms with E-state index in [0.717, 1.165) is 26.2 Å². The van der Waals surface area contributed by atoms with Gasteiger partial charge in [0, 0.05) is 26.2 Å². The maximum absolute atomic E-state index is 4.09. The predicted molar refractivity (Wildman–Crippen MR) is 85.4 cm³/mol. The van der Waals surface area contributed by atoms with E-state index in [4.69, 9.17) is 0 Å². The van der Waals surface area contributed by atoms with E-state index in [2.05, 4.69) is 65.7 Å². The summed E-state index contributed by atoms with van der Waals surface area (Å²) in [7, 11) is 0. The SMILES string of the molecule is C=C(CNCc1ccccc1)CNCc1ccccc1. The Bertz CT molecular complexity index is 458. The minimum Gasteiger partial charge on any atom is -0.309 e. The van der Waals surface area contributed by atoms with Gasteiger partial charge < -0.3 is 10.6 Å². The van der Waals surface area contributed by atoms with Crippen molar-refractivity contribution in [3.63, 3.8) is 0 Å². The van der Waals surface area contributed by atoms with Crippen molar-refractivity contribution in [3.05, 3.63) is 83.9 Å². The van der Waals surface area contributed by atoms with E-state index in [0.29, 0.717) is 0 Å². The molecule has 0 aliphatic carbocycles. The Hall–Kier alpha value is -1.90. The number of hydrogen-bond donors (Lipinski definition) is 2. The Balaban J connectivity index is 1.59. The minimum atomic E-state index is 0.844. The highest BCUT2D eigenvalue weighted by Gasteiger charge is 1.96. The summed E-state index contributed by atoms with van der Waals surface area (Å²) in [5, 5.41) is 6.82. The van der Waals surface area contributed by atoms with Gasteiger partial charge in [-0.15, -0.1) is 0 Å². The number of hydrogen-bond acceptors (Lipinski definition) is 2. The maximum Gasteiger partial charge on any atom is 0.0208 e. The van der Waals surface area contributed by atoms with E-state index in [1.165, 1.54) is 16.7 Å². The van der Waals surface area contributed by atoms with Crippen LogP contribution >= 0.6 is 0 Å². The molecule has 2 nitrogen and oxygen atoms in total. The van der Waals surface area contributed by atoms with Gasteiger partial charge in [0.2, 0.25) is 0 Å². The Morgan fingerprint density at radius 2 is 1.10 bits per heavy atom. The number of rotatable bonds is 8. The van der Waals surface area contributed by atoms with E-state index < -0.39 is 0 Å². The van der Waals surface area contributed by atoms with Crippen LogP contribution in [0.2, 0.25) is 0 Å². The monoisotopic (exact) mass is 266 g/mol. The quantitative estimate of drug-likeness (QED) is 0.717. The van der Waals surface area contributed by atoms with E-state index in [1.807, 2.05) is 12.1 Å². The summed E-state index contributed by atoms with van der Waals surface area (Å²) in [4.78, 5) is 0. The smallest absolute Gasteiger partial charge is 0.0208 e. The lowest BCUT2D eigenvalue weighted by Crippen LogP contribution is -2.23. The van der Waals surface area contributed by atoms with Crippen molar-refractivity contribution in [1.29, 1.82) is 0 Å². The minimum absolute atomic E-state index is 0.844. The molecule has 0 saturated heterocycles. The van der Waals surface area contributed by atoms with Crippen LogP contribution in [-0.2, 0) is 13.1 Å². The highest BCUT2D eigenvalue weighted by molar-refractivity contribution is 5.15. The van der Waals surface area contributed by atoms with Gasteiger partial charge in [-0.1, -0.05) is 67.2 Å². The molecule has 104 valence electrons. The predicted octanol–water partition coefficient (Wildman–Crippen LogP) is 3.12. The molecule has 2 heteroatoms. The average molecular weight is 266 g/mol. The number of benzene rings is 2. The molecule has 0 bridgehead atoms. The zero-order valence-corrected chi connectivity index (χ0v) is 11.8. The molecule has 2 aromatic rings. The van der Waals surface area contributed by atoms with Crippen LogP contribution in [0.15, 0.2) is 72.8 Å². The Labute approximate surface area is 121 Å². The molecule has 2 rings (SSSR count). The molecule has 0 saturated carbocycles. The van der Waals surface area contributed by atoms with Gasteiger partial charge in [0.25, 0.3) is 0 Å². The van der Waals surface area contributed by atoms with Crippen LogP contribution in [0.4, 0.5) is 0 Å². The second-order valence-corrected chi connectivity index (χ2v) is 4.93. The summed E-state index contributed by atoms with van der Waals surface area (Å²) in [6.07, 6.45) is 0. The summed E-state index contributed by atoms with van der Waals surface area (Å²) in [6.45, 7) is 7.55. The highest BCUT2D eigenvalue weighted by atomic mass is 14.9. The third-order valence-electron chi connectivity index (χ3n) is 3.09. The van der Waals surface area contributed by atoms with E-state index in [9.17, 15) is 0 Å². The summed E-state index contributed by atoms with van der Waals surface area (Å²) in [6, 6.07) is 20.8. The first-order chi connectivity index (χ1) is 9.84. The number of nitrogens with one attached hydrogen (secondary N) is 2. The Morgan fingerprint density at radius 3 is 1.50 bits per heavy atom. The van der Waals surface area contributed by atoms with Gasteiger partial charge in [-0.2, -0.15) is 0 Å². The van der Waals surface area contributed by atoms with Crippen molar-refractivity contribution in [2.24, 2.45) is 0 Å². The molecule has 0 spiro atoms. The lowest BCUT2D eigenvalue weighted by atomic mass is 10.2. The third-order valence-corrected chi connectivity index (χ3v) is 3.09. The molecule has 0 radical (unpaired) electrons. The molecule has 0 atom stereocenters. The van der Waals surface area contributed by atoms with Crippen LogP contribution in [0.25, 0.3) is 0 Å². The molecule has 2 N–H and O–H groups in total. The Kier molecular flexibility index (Phi) is 6.03. The average Bonchev–Trinajstić information content (AvgIpc) is 2.49. The van der Waals surface area contributed by atoms with Crippen LogP contribution in [0.3, 0.4) is 0 Å². The van der Waals surface area contributed by atoms with Crippen LogP contribution < -0.4 is 10.6 Å². The lowest BCUT2D eigenvalue weighted by Gasteiger charge is -2.09. The van der Waals surface area contributed by atoms with Crippen LogP contribution in [0.1, 0.15) is 11.1 Å². The van der Waals surface area contributed by atoms with E-state index >= 15 is 0 Å². The molecule has 0 fully saturated rings. The zero-order chi connectivity index (χ0) is 14.0. The molecule has 0 aromatic heterocycles. The van der Waals surface area contributed by atoms with Gasteiger partial charge in [0.05, 0.1) is 0 Å². The molecular weight excluding hydrogens is 244 g/mol. The van der Waals surface area contributed by atoms with Crippen LogP contribution in [0.5, 0.6) is 0 Å². The first-order valence-corrected chi connectivity index (χ1v) is 7.00. The molecule has 2 aromatic carbocycles.